The van der Waals surface area contributed by atoms with Crippen molar-refractivity contribution in [2.45, 2.75) is 110 Å². The Bertz CT molecular complexity index is 1250. The smallest absolute Gasteiger partial charge is 0.412 e. The predicted molar refractivity (Wildman–Crippen MR) is 156 cm³/mol. The lowest BCUT2D eigenvalue weighted by molar-refractivity contribution is -0.179. The average Bonchev–Trinajstić information content (AvgIpc) is 3.16. The summed E-state index contributed by atoms with van der Waals surface area (Å²) in [7, 11) is 1.09. The van der Waals surface area contributed by atoms with Gasteiger partial charge in [0.05, 0.1) is 19.6 Å². The average molecular weight is 647 g/mol. The fourth-order valence-corrected chi connectivity index (χ4v) is 4.38. The standard InChI is InChI=1S/C29H44F2N4O10/c1-9-10-11-14-42-26(39)33-19-12-13-35(25(38)32-19)24-29(30,31)21(44-22(36)16(2)3)18(43-24)15-17(4)20(23(37)41-8)34-27(40)45-28(5,6)7/h12-13,16-18,20-21,24H,9-11,14-15H2,1-8H3,(H,34,40)(H,32,33,38,39)/t17?,18-,20?,21-,24-/m1/s1. The minimum atomic E-state index is -3.95. The minimum absolute atomic E-state index is 0.152. The van der Waals surface area contributed by atoms with Crippen LogP contribution in [0.15, 0.2) is 17.1 Å². The van der Waals surface area contributed by atoms with Crippen LogP contribution in [0.5, 0.6) is 0 Å². The summed E-state index contributed by atoms with van der Waals surface area (Å²) in [5.41, 5.74) is -2.08. The molecule has 1 saturated heterocycles. The SMILES string of the molecule is CCCCCOC(=O)Nc1ccn([C@@H]2O[C@H](CC(C)C(NC(=O)OC(C)(C)C)C(=O)OC)[C@@H](OC(=O)C(C)C)C2(F)F)c(=O)n1. The van der Waals surface area contributed by atoms with E-state index in [2.05, 4.69) is 15.6 Å². The number of alkyl carbamates (subject to hydrolysis) is 1. The molecule has 14 nitrogen and oxygen atoms in total. The van der Waals surface area contributed by atoms with E-state index in [1.807, 2.05) is 6.92 Å². The van der Waals surface area contributed by atoms with Crippen molar-refractivity contribution >= 4 is 29.9 Å². The highest BCUT2D eigenvalue weighted by atomic mass is 19.3. The maximum atomic E-state index is 15.9. The second-order valence-electron chi connectivity index (χ2n) is 12.0. The Balaban J connectivity index is 2.34. The van der Waals surface area contributed by atoms with Crippen molar-refractivity contribution in [1.29, 1.82) is 0 Å². The number of nitrogens with one attached hydrogen (secondary N) is 2. The summed E-state index contributed by atoms with van der Waals surface area (Å²) in [6, 6.07) is -0.240. The lowest BCUT2D eigenvalue weighted by atomic mass is 9.92. The van der Waals surface area contributed by atoms with Crippen LogP contribution in [0.4, 0.5) is 24.2 Å². The molecule has 2 rings (SSSR count). The molecular formula is C29H44F2N4O10. The number of anilines is 1. The molecule has 16 heteroatoms. The quantitative estimate of drug-likeness (QED) is 0.179. The number of carbonyl (C=O) groups is 4. The molecule has 45 heavy (non-hydrogen) atoms. The number of methoxy groups -OCH3 is 1. The number of carbonyl (C=O) groups excluding carboxylic acids is 4. The number of halogens is 2. The van der Waals surface area contributed by atoms with Gasteiger partial charge in [-0.3, -0.25) is 14.7 Å². The van der Waals surface area contributed by atoms with Gasteiger partial charge < -0.3 is 29.0 Å². The largest absolute Gasteiger partial charge is 0.467 e. The number of unbranched alkanes of at least 4 members (excludes halogenated alkanes) is 2. The van der Waals surface area contributed by atoms with Gasteiger partial charge in [0, 0.05) is 6.20 Å². The van der Waals surface area contributed by atoms with E-state index < -0.39 is 77.7 Å². The summed E-state index contributed by atoms with van der Waals surface area (Å²) in [6.45, 7) is 11.4. The van der Waals surface area contributed by atoms with Gasteiger partial charge in [0.25, 0.3) is 0 Å². The Morgan fingerprint density at radius 3 is 2.33 bits per heavy atom. The Morgan fingerprint density at radius 2 is 1.78 bits per heavy atom. The van der Waals surface area contributed by atoms with Crippen LogP contribution >= 0.6 is 0 Å². The highest BCUT2D eigenvalue weighted by Crippen LogP contribution is 2.46. The topological polar surface area (TPSA) is 173 Å². The number of ether oxygens (including phenoxy) is 5. The Morgan fingerprint density at radius 1 is 1.11 bits per heavy atom. The molecular weight excluding hydrogens is 602 g/mol. The third kappa shape index (κ3) is 10.6. The summed E-state index contributed by atoms with van der Waals surface area (Å²) in [5, 5.41) is 4.66. The first-order valence-electron chi connectivity index (χ1n) is 14.7. The summed E-state index contributed by atoms with van der Waals surface area (Å²) in [6.07, 6.45) is -4.78. The van der Waals surface area contributed by atoms with Gasteiger partial charge in [0.2, 0.25) is 6.23 Å². The number of hydrogen-bond donors (Lipinski definition) is 2. The first kappa shape index (κ1) is 37.4. The summed E-state index contributed by atoms with van der Waals surface area (Å²) < 4.78 is 58.2. The summed E-state index contributed by atoms with van der Waals surface area (Å²) in [5.74, 6) is -7.69. The Hall–Kier alpha value is -3.82. The molecule has 0 spiro atoms. The van der Waals surface area contributed by atoms with Crippen molar-refractivity contribution in [2.24, 2.45) is 11.8 Å². The molecule has 0 aromatic carbocycles. The molecule has 1 aliphatic heterocycles. The molecule has 1 aromatic rings. The van der Waals surface area contributed by atoms with Gasteiger partial charge in [-0.25, -0.2) is 19.2 Å². The zero-order valence-corrected chi connectivity index (χ0v) is 26.9. The van der Waals surface area contributed by atoms with E-state index in [1.165, 1.54) is 20.8 Å². The number of nitrogens with zero attached hydrogens (tertiary/aromatic N) is 2. The van der Waals surface area contributed by atoms with E-state index in [0.29, 0.717) is 11.0 Å². The number of amides is 2. The third-order valence-corrected chi connectivity index (χ3v) is 6.66. The maximum Gasteiger partial charge on any atom is 0.412 e. The molecule has 0 bridgehead atoms. The zero-order chi connectivity index (χ0) is 34.1. The van der Waals surface area contributed by atoms with E-state index in [1.54, 1.807) is 20.8 Å². The fourth-order valence-electron chi connectivity index (χ4n) is 4.38. The predicted octanol–water partition coefficient (Wildman–Crippen LogP) is 4.18. The molecule has 2 heterocycles. The molecule has 5 atom stereocenters. The lowest BCUT2D eigenvalue weighted by Crippen LogP contribution is -2.49. The van der Waals surface area contributed by atoms with Gasteiger partial charge in [0.15, 0.2) is 6.10 Å². The first-order valence-corrected chi connectivity index (χ1v) is 14.7. The van der Waals surface area contributed by atoms with E-state index in [9.17, 15) is 24.0 Å². The van der Waals surface area contributed by atoms with Crippen LogP contribution in [-0.4, -0.2) is 77.2 Å². The van der Waals surface area contributed by atoms with Crippen molar-refractivity contribution in [1.82, 2.24) is 14.9 Å². The molecule has 254 valence electrons. The first-order chi connectivity index (χ1) is 20.9. The van der Waals surface area contributed by atoms with Crippen LogP contribution in [0.3, 0.4) is 0 Å². The number of hydrogen-bond acceptors (Lipinski definition) is 11. The van der Waals surface area contributed by atoms with E-state index in [-0.39, 0.29) is 18.8 Å². The maximum absolute atomic E-state index is 15.9. The molecule has 1 aliphatic rings. The number of esters is 2. The second kappa shape index (κ2) is 16.0. The summed E-state index contributed by atoms with van der Waals surface area (Å²) >= 11 is 0. The molecule has 0 saturated carbocycles. The molecule has 1 aromatic heterocycles. The van der Waals surface area contributed by atoms with Crippen LogP contribution in [0.1, 0.15) is 80.4 Å². The van der Waals surface area contributed by atoms with E-state index in [4.69, 9.17) is 23.7 Å². The van der Waals surface area contributed by atoms with Gasteiger partial charge in [-0.15, -0.1) is 0 Å². The number of aromatic nitrogens is 2. The van der Waals surface area contributed by atoms with Crippen molar-refractivity contribution in [3.8, 4) is 0 Å². The lowest BCUT2D eigenvalue weighted by Gasteiger charge is -2.29. The van der Waals surface area contributed by atoms with Gasteiger partial charge in [-0.05, 0) is 45.6 Å². The van der Waals surface area contributed by atoms with Gasteiger partial charge in [0.1, 0.15) is 23.6 Å². The Labute approximate surface area is 260 Å². The normalized spacial score (nSPS) is 20.6. The van der Waals surface area contributed by atoms with Crippen LogP contribution in [0, 0.1) is 11.8 Å². The second-order valence-corrected chi connectivity index (χ2v) is 12.0. The molecule has 0 aliphatic carbocycles. The fraction of sp³-hybridized carbons (Fsp3) is 0.724. The van der Waals surface area contributed by atoms with Gasteiger partial charge in [-0.2, -0.15) is 13.8 Å². The van der Waals surface area contributed by atoms with Gasteiger partial charge in [-0.1, -0.05) is 40.5 Å². The third-order valence-electron chi connectivity index (χ3n) is 6.66. The highest BCUT2D eigenvalue weighted by Gasteiger charge is 2.62. The summed E-state index contributed by atoms with van der Waals surface area (Å²) in [4.78, 5) is 65.9. The van der Waals surface area contributed by atoms with Crippen molar-refractivity contribution in [3.05, 3.63) is 22.7 Å². The Kier molecular flexibility index (Phi) is 13.2. The van der Waals surface area contributed by atoms with Crippen LogP contribution < -0.4 is 16.3 Å². The highest BCUT2D eigenvalue weighted by molar-refractivity contribution is 5.83. The number of rotatable bonds is 13. The van der Waals surface area contributed by atoms with Crippen LogP contribution in [0.2, 0.25) is 0 Å². The monoisotopic (exact) mass is 646 g/mol. The van der Waals surface area contributed by atoms with Crippen molar-refractivity contribution < 1.29 is 51.6 Å². The number of alkyl halides is 2. The van der Waals surface area contributed by atoms with Crippen molar-refractivity contribution in [3.63, 3.8) is 0 Å². The molecule has 2 unspecified atom stereocenters. The van der Waals surface area contributed by atoms with E-state index >= 15 is 8.78 Å². The molecule has 2 amide bonds. The van der Waals surface area contributed by atoms with Gasteiger partial charge >= 0.3 is 35.7 Å². The molecule has 0 radical (unpaired) electrons. The van der Waals surface area contributed by atoms with Crippen molar-refractivity contribution in [2.75, 3.05) is 19.0 Å². The van der Waals surface area contributed by atoms with E-state index in [0.717, 1.165) is 32.2 Å². The molecule has 1 fully saturated rings. The minimum Gasteiger partial charge on any atom is -0.467 e. The van der Waals surface area contributed by atoms with Crippen LogP contribution in [0.25, 0.3) is 0 Å². The van der Waals surface area contributed by atoms with Crippen LogP contribution in [-0.2, 0) is 33.3 Å². The zero-order valence-electron chi connectivity index (χ0n) is 26.9. The molecule has 2 N–H and O–H groups in total.